The fourth-order valence-electron chi connectivity index (χ4n) is 2.95. The smallest absolute Gasteiger partial charge is 0.163 e. The fraction of sp³-hybridized carbons (Fsp3) is 0.105. The second kappa shape index (κ2) is 6.12. The van der Waals surface area contributed by atoms with Gasteiger partial charge in [-0.05, 0) is 11.1 Å². The normalized spacial score (nSPS) is 18.7. The lowest BCUT2D eigenvalue weighted by atomic mass is 9.97. The molecule has 0 saturated heterocycles. The summed E-state index contributed by atoms with van der Waals surface area (Å²) in [7, 11) is 0. The standard InChI is InChI=1S/C19H17N5/c20-16-11-15(18-19(24-16)22-12-21-18)23-17(13-7-3-1-4-8-13)14-9-5-2-6-10-14/h1-12,17-18,23H,(H2,20,21,22,24). The number of nitrogens with zero attached hydrogens (tertiary/aromatic N) is 3. The van der Waals surface area contributed by atoms with Gasteiger partial charge in [-0.25, -0.2) is 9.98 Å². The van der Waals surface area contributed by atoms with Crippen molar-refractivity contribution in [2.45, 2.75) is 12.1 Å². The van der Waals surface area contributed by atoms with Crippen LogP contribution in [-0.2, 0) is 0 Å². The monoisotopic (exact) mass is 315 g/mol. The lowest BCUT2D eigenvalue weighted by molar-refractivity contribution is 0.663. The molecule has 4 rings (SSSR count). The molecule has 3 N–H and O–H groups in total. The third-order valence-electron chi connectivity index (χ3n) is 4.07. The summed E-state index contributed by atoms with van der Waals surface area (Å²) in [5.41, 5.74) is 9.19. The van der Waals surface area contributed by atoms with Crippen LogP contribution in [0.25, 0.3) is 0 Å². The average molecular weight is 315 g/mol. The summed E-state index contributed by atoms with van der Waals surface area (Å²) in [6.45, 7) is 0. The molecule has 0 aromatic heterocycles. The van der Waals surface area contributed by atoms with Crippen LogP contribution in [0.3, 0.4) is 0 Å². The van der Waals surface area contributed by atoms with Gasteiger partial charge in [-0.2, -0.15) is 0 Å². The van der Waals surface area contributed by atoms with Crippen LogP contribution < -0.4 is 11.1 Å². The van der Waals surface area contributed by atoms with Gasteiger partial charge in [0.05, 0.1) is 6.04 Å². The third-order valence-corrected chi connectivity index (χ3v) is 4.07. The molecule has 0 saturated carbocycles. The first-order valence-corrected chi connectivity index (χ1v) is 7.83. The number of nitrogens with one attached hydrogen (secondary N) is 1. The van der Waals surface area contributed by atoms with Gasteiger partial charge >= 0.3 is 0 Å². The molecule has 2 aromatic carbocycles. The summed E-state index contributed by atoms with van der Waals surface area (Å²) in [6.07, 6.45) is 3.38. The van der Waals surface area contributed by atoms with Crippen molar-refractivity contribution >= 4 is 18.0 Å². The van der Waals surface area contributed by atoms with E-state index in [1.54, 1.807) is 0 Å². The van der Waals surface area contributed by atoms with Crippen LogP contribution in [0.4, 0.5) is 0 Å². The minimum absolute atomic E-state index is 0.00148. The molecule has 5 nitrogen and oxygen atoms in total. The van der Waals surface area contributed by atoms with Gasteiger partial charge in [-0.3, -0.25) is 4.99 Å². The minimum atomic E-state index is -0.202. The first-order valence-electron chi connectivity index (χ1n) is 7.83. The summed E-state index contributed by atoms with van der Waals surface area (Å²) in [5.74, 6) is 1.08. The number of hydrogen-bond donors (Lipinski definition) is 2. The summed E-state index contributed by atoms with van der Waals surface area (Å²) < 4.78 is 0. The van der Waals surface area contributed by atoms with Crippen LogP contribution >= 0.6 is 0 Å². The van der Waals surface area contributed by atoms with E-state index in [0.29, 0.717) is 11.7 Å². The van der Waals surface area contributed by atoms with Crippen LogP contribution in [-0.4, -0.2) is 24.1 Å². The Morgan fingerprint density at radius 1 is 0.917 bits per heavy atom. The van der Waals surface area contributed by atoms with Gasteiger partial charge in [0.1, 0.15) is 12.2 Å². The average Bonchev–Trinajstić information content (AvgIpc) is 3.09. The number of hydrogen-bond acceptors (Lipinski definition) is 5. The summed E-state index contributed by atoms with van der Waals surface area (Å²) in [6, 6.07) is 20.4. The molecule has 1 unspecified atom stereocenters. The van der Waals surface area contributed by atoms with Gasteiger partial charge in [-0.1, -0.05) is 60.7 Å². The molecule has 1 atom stereocenters. The van der Waals surface area contributed by atoms with E-state index < -0.39 is 0 Å². The van der Waals surface area contributed by atoms with Crippen molar-refractivity contribution in [2.24, 2.45) is 20.7 Å². The number of fused-ring (bicyclic) bond motifs is 1. The number of dihydropyridines is 1. The highest BCUT2D eigenvalue weighted by atomic mass is 15.1. The Morgan fingerprint density at radius 2 is 1.54 bits per heavy atom. The van der Waals surface area contributed by atoms with Crippen LogP contribution in [0.5, 0.6) is 0 Å². The molecule has 0 spiro atoms. The van der Waals surface area contributed by atoms with Crippen molar-refractivity contribution in [3.05, 3.63) is 83.6 Å². The summed E-state index contributed by atoms with van der Waals surface area (Å²) in [4.78, 5) is 12.8. The number of amidine groups is 2. The number of rotatable bonds is 4. The molecule has 24 heavy (non-hydrogen) atoms. The predicted octanol–water partition coefficient (Wildman–Crippen LogP) is 2.43. The van der Waals surface area contributed by atoms with Crippen LogP contribution in [0.1, 0.15) is 17.2 Å². The lowest BCUT2D eigenvalue weighted by Crippen LogP contribution is -2.35. The second-order valence-corrected chi connectivity index (χ2v) is 5.69. The van der Waals surface area contributed by atoms with Gasteiger partial charge < -0.3 is 11.1 Å². The van der Waals surface area contributed by atoms with E-state index in [1.165, 1.54) is 17.5 Å². The van der Waals surface area contributed by atoms with E-state index in [9.17, 15) is 0 Å². The molecule has 118 valence electrons. The quantitative estimate of drug-likeness (QED) is 0.909. The Kier molecular flexibility index (Phi) is 3.67. The molecule has 0 bridgehead atoms. The van der Waals surface area contributed by atoms with Crippen LogP contribution in [0.2, 0.25) is 0 Å². The second-order valence-electron chi connectivity index (χ2n) is 5.69. The Balaban J connectivity index is 1.72. The fourth-order valence-corrected chi connectivity index (χ4v) is 2.95. The lowest BCUT2D eigenvalue weighted by Gasteiger charge is -2.26. The van der Waals surface area contributed by atoms with Crippen molar-refractivity contribution in [1.82, 2.24) is 5.32 Å². The van der Waals surface area contributed by atoms with Gasteiger partial charge in [0.25, 0.3) is 0 Å². The predicted molar refractivity (Wildman–Crippen MR) is 97.3 cm³/mol. The molecule has 2 heterocycles. The topological polar surface area (TPSA) is 75.1 Å². The first kappa shape index (κ1) is 14.4. The van der Waals surface area contributed by atoms with E-state index >= 15 is 0 Å². The number of nitrogens with two attached hydrogens (primary N) is 1. The van der Waals surface area contributed by atoms with Crippen molar-refractivity contribution in [2.75, 3.05) is 0 Å². The summed E-state index contributed by atoms with van der Waals surface area (Å²) >= 11 is 0. The van der Waals surface area contributed by atoms with E-state index in [-0.39, 0.29) is 12.1 Å². The Bertz CT molecular complexity index is 810. The minimum Gasteiger partial charge on any atom is -0.384 e. The van der Waals surface area contributed by atoms with E-state index in [1.807, 2.05) is 42.5 Å². The zero-order valence-corrected chi connectivity index (χ0v) is 13.0. The molecule has 2 aromatic rings. The Labute approximate surface area is 140 Å². The zero-order valence-electron chi connectivity index (χ0n) is 13.0. The molecule has 2 aliphatic heterocycles. The van der Waals surface area contributed by atoms with Crippen molar-refractivity contribution in [1.29, 1.82) is 0 Å². The molecule has 0 aliphatic carbocycles. The molecular weight excluding hydrogens is 298 g/mol. The van der Waals surface area contributed by atoms with Gasteiger partial charge in [-0.15, -0.1) is 0 Å². The maximum atomic E-state index is 5.93. The Hall–Kier alpha value is -3.21. The maximum absolute atomic E-state index is 5.93. The van der Waals surface area contributed by atoms with Crippen LogP contribution in [0.15, 0.2) is 87.4 Å². The van der Waals surface area contributed by atoms with Crippen molar-refractivity contribution in [3.63, 3.8) is 0 Å². The highest BCUT2D eigenvalue weighted by Crippen LogP contribution is 2.26. The van der Waals surface area contributed by atoms with Gasteiger partial charge in [0.2, 0.25) is 0 Å². The highest BCUT2D eigenvalue weighted by Gasteiger charge is 2.28. The molecule has 0 radical (unpaired) electrons. The summed E-state index contributed by atoms with van der Waals surface area (Å²) in [5, 5.41) is 3.60. The molecule has 5 heteroatoms. The largest absolute Gasteiger partial charge is 0.384 e. The number of benzene rings is 2. The van der Waals surface area contributed by atoms with Crippen molar-refractivity contribution in [3.8, 4) is 0 Å². The van der Waals surface area contributed by atoms with E-state index in [4.69, 9.17) is 5.73 Å². The van der Waals surface area contributed by atoms with Gasteiger partial charge in [0.15, 0.2) is 11.9 Å². The SMILES string of the molecule is NC1=NC2=NC=NC2C(NC(c2ccccc2)c2ccccc2)=C1. The van der Waals surface area contributed by atoms with Gasteiger partial charge in [0, 0.05) is 11.8 Å². The molecular formula is C19H17N5. The molecule has 0 amide bonds. The first-order chi connectivity index (χ1) is 11.8. The molecule has 0 fully saturated rings. The van der Waals surface area contributed by atoms with Crippen molar-refractivity contribution < 1.29 is 0 Å². The third kappa shape index (κ3) is 2.72. The highest BCUT2D eigenvalue weighted by molar-refractivity contribution is 6.12. The zero-order chi connectivity index (χ0) is 16.4. The Morgan fingerprint density at radius 3 is 2.17 bits per heavy atom. The van der Waals surface area contributed by atoms with Crippen LogP contribution in [0, 0.1) is 0 Å². The van der Waals surface area contributed by atoms with E-state index in [0.717, 1.165) is 5.70 Å². The molecule has 2 aliphatic rings. The number of aliphatic imine (C=N–C) groups is 3. The van der Waals surface area contributed by atoms with E-state index in [2.05, 4.69) is 44.6 Å². The maximum Gasteiger partial charge on any atom is 0.163 e.